The van der Waals surface area contributed by atoms with Crippen LogP contribution in [0.2, 0.25) is 0 Å². The largest absolute Gasteiger partial charge is 0.485 e. The van der Waals surface area contributed by atoms with Gasteiger partial charge in [0.25, 0.3) is 0 Å². The van der Waals surface area contributed by atoms with Crippen molar-refractivity contribution in [2.24, 2.45) is 0 Å². The molecule has 34 heavy (non-hydrogen) atoms. The molecule has 3 rings (SSSR count). The molecule has 1 aliphatic rings. The van der Waals surface area contributed by atoms with Gasteiger partial charge < -0.3 is 4.74 Å². The summed E-state index contributed by atoms with van der Waals surface area (Å²) < 4.78 is 49.2. The maximum atomic E-state index is 15.1. The number of aryl methyl sites for hydroxylation is 1. The lowest BCUT2D eigenvalue weighted by Gasteiger charge is -2.26. The molecule has 0 bridgehead atoms. The van der Waals surface area contributed by atoms with Crippen LogP contribution in [0, 0.1) is 11.6 Å². The number of benzene rings is 2. The molecule has 4 heteroatoms. The predicted molar refractivity (Wildman–Crippen MR) is 135 cm³/mol. The van der Waals surface area contributed by atoms with Crippen molar-refractivity contribution in [3.8, 4) is 5.75 Å². The number of unbranched alkanes of at least 4 members (excludes halogenated alkanes) is 6. The van der Waals surface area contributed by atoms with Crippen LogP contribution in [0.3, 0.4) is 0 Å². The van der Waals surface area contributed by atoms with Gasteiger partial charge in [0.05, 0.1) is 0 Å². The van der Waals surface area contributed by atoms with E-state index in [0.29, 0.717) is 30.4 Å². The van der Waals surface area contributed by atoms with Crippen LogP contribution in [0.25, 0.3) is 0 Å². The molecule has 2 aromatic rings. The Balaban J connectivity index is 1.58. The van der Waals surface area contributed by atoms with Gasteiger partial charge >= 0.3 is 0 Å². The third kappa shape index (κ3) is 7.52. The standard InChI is InChI=1S/C30H41F3O/c1-3-5-7-9-11-22-13-15-23(16-14-22)24-17-18-27-25(19-24)20-28(32)30(29(27)33)34-21-26(31)12-10-8-6-4-2/h13-16,20,24,26H,3-12,17-19,21H2,1-2H3/t24?,26-/m1/s1. The highest BCUT2D eigenvalue weighted by molar-refractivity contribution is 5.42. The van der Waals surface area contributed by atoms with Crippen LogP contribution in [-0.2, 0) is 19.3 Å². The van der Waals surface area contributed by atoms with Crippen molar-refractivity contribution in [3.63, 3.8) is 0 Å². The molecule has 0 aliphatic heterocycles. The van der Waals surface area contributed by atoms with Crippen LogP contribution >= 0.6 is 0 Å². The molecule has 0 spiro atoms. The molecule has 1 aliphatic carbocycles. The summed E-state index contributed by atoms with van der Waals surface area (Å²) in [6.45, 7) is 4.02. The minimum absolute atomic E-state index is 0.255. The molecule has 188 valence electrons. The zero-order chi connectivity index (χ0) is 24.3. The van der Waals surface area contributed by atoms with Gasteiger partial charge in [0.1, 0.15) is 12.8 Å². The van der Waals surface area contributed by atoms with Gasteiger partial charge in [-0.05, 0) is 72.8 Å². The summed E-state index contributed by atoms with van der Waals surface area (Å²) in [7, 11) is 0. The van der Waals surface area contributed by atoms with Gasteiger partial charge in [0.2, 0.25) is 0 Å². The summed E-state index contributed by atoms with van der Waals surface area (Å²) in [5, 5.41) is 0. The van der Waals surface area contributed by atoms with Crippen LogP contribution < -0.4 is 4.74 Å². The van der Waals surface area contributed by atoms with Crippen molar-refractivity contribution in [2.75, 3.05) is 6.61 Å². The third-order valence-electron chi connectivity index (χ3n) is 7.13. The lowest BCUT2D eigenvalue weighted by Crippen LogP contribution is -2.18. The molecule has 0 saturated carbocycles. The first kappa shape index (κ1) is 26.6. The highest BCUT2D eigenvalue weighted by Gasteiger charge is 2.27. The lowest BCUT2D eigenvalue weighted by molar-refractivity contribution is 0.173. The molecule has 1 unspecified atom stereocenters. The van der Waals surface area contributed by atoms with Gasteiger partial charge in [0.15, 0.2) is 17.4 Å². The van der Waals surface area contributed by atoms with Gasteiger partial charge in [-0.1, -0.05) is 83.1 Å². The maximum absolute atomic E-state index is 15.1. The second kappa shape index (κ2) is 13.8. The number of ether oxygens (including phenoxy) is 1. The number of hydrogen-bond acceptors (Lipinski definition) is 1. The minimum Gasteiger partial charge on any atom is -0.485 e. The number of alkyl halides is 1. The van der Waals surface area contributed by atoms with E-state index < -0.39 is 23.6 Å². The predicted octanol–water partition coefficient (Wildman–Crippen LogP) is 9.05. The van der Waals surface area contributed by atoms with Crippen LogP contribution in [0.4, 0.5) is 13.2 Å². The van der Waals surface area contributed by atoms with Crippen molar-refractivity contribution in [1.29, 1.82) is 0 Å². The Hall–Kier alpha value is -1.97. The summed E-state index contributed by atoms with van der Waals surface area (Å²) in [4.78, 5) is 0. The SMILES string of the molecule is CCCCCCc1ccc(C2CCc3c(cc(F)c(OC[C@H](F)CCCCCC)c3F)C2)cc1. The fraction of sp³-hybridized carbons (Fsp3) is 0.600. The van der Waals surface area contributed by atoms with E-state index in [1.807, 2.05) is 0 Å². The Bertz CT molecular complexity index is 878. The minimum atomic E-state index is -1.20. The zero-order valence-electron chi connectivity index (χ0n) is 21.0. The Labute approximate surface area is 204 Å². The Morgan fingerprint density at radius 1 is 0.941 bits per heavy atom. The van der Waals surface area contributed by atoms with E-state index in [0.717, 1.165) is 38.5 Å². The second-order valence-electron chi connectivity index (χ2n) is 9.89. The van der Waals surface area contributed by atoms with Crippen LogP contribution in [0.5, 0.6) is 5.75 Å². The normalized spacial score (nSPS) is 16.3. The number of rotatable bonds is 14. The molecule has 1 nitrogen and oxygen atoms in total. The van der Waals surface area contributed by atoms with Crippen molar-refractivity contribution in [2.45, 2.75) is 109 Å². The average molecular weight is 475 g/mol. The van der Waals surface area contributed by atoms with Gasteiger partial charge in [0, 0.05) is 0 Å². The van der Waals surface area contributed by atoms with Gasteiger partial charge in [-0.3, -0.25) is 0 Å². The van der Waals surface area contributed by atoms with E-state index in [1.54, 1.807) is 0 Å². The topological polar surface area (TPSA) is 9.23 Å². The van der Waals surface area contributed by atoms with Crippen LogP contribution in [0.15, 0.2) is 30.3 Å². The molecule has 0 fully saturated rings. The van der Waals surface area contributed by atoms with Crippen molar-refractivity contribution in [3.05, 3.63) is 64.2 Å². The summed E-state index contributed by atoms with van der Waals surface area (Å²) >= 11 is 0. The van der Waals surface area contributed by atoms with Gasteiger partial charge in [-0.2, -0.15) is 0 Å². The van der Waals surface area contributed by atoms with Gasteiger partial charge in [-0.15, -0.1) is 0 Å². The van der Waals surface area contributed by atoms with E-state index in [1.165, 1.54) is 42.9 Å². The van der Waals surface area contributed by atoms with E-state index in [2.05, 4.69) is 38.1 Å². The van der Waals surface area contributed by atoms with Crippen LogP contribution in [0.1, 0.15) is 106 Å². The molecule has 0 radical (unpaired) electrons. The molecule has 0 saturated heterocycles. The Morgan fingerprint density at radius 3 is 2.35 bits per heavy atom. The number of halogens is 3. The summed E-state index contributed by atoms with van der Waals surface area (Å²) in [6, 6.07) is 10.2. The molecular weight excluding hydrogens is 433 g/mol. The molecule has 0 amide bonds. The van der Waals surface area contributed by atoms with E-state index in [-0.39, 0.29) is 12.5 Å². The van der Waals surface area contributed by atoms with Crippen molar-refractivity contribution in [1.82, 2.24) is 0 Å². The van der Waals surface area contributed by atoms with Crippen molar-refractivity contribution >= 4 is 0 Å². The molecule has 0 aromatic heterocycles. The fourth-order valence-corrected chi connectivity index (χ4v) is 5.01. The smallest absolute Gasteiger partial charge is 0.191 e. The first-order valence-electron chi connectivity index (χ1n) is 13.4. The van der Waals surface area contributed by atoms with E-state index >= 15 is 4.39 Å². The summed E-state index contributed by atoms with van der Waals surface area (Å²) in [5.41, 5.74) is 3.82. The Kier molecular flexibility index (Phi) is 10.8. The zero-order valence-corrected chi connectivity index (χ0v) is 21.0. The average Bonchev–Trinajstić information content (AvgIpc) is 2.84. The van der Waals surface area contributed by atoms with E-state index in [4.69, 9.17) is 4.74 Å². The van der Waals surface area contributed by atoms with Gasteiger partial charge in [-0.25, -0.2) is 13.2 Å². The van der Waals surface area contributed by atoms with Crippen LogP contribution in [-0.4, -0.2) is 12.8 Å². The third-order valence-corrected chi connectivity index (χ3v) is 7.13. The van der Waals surface area contributed by atoms with E-state index in [9.17, 15) is 8.78 Å². The highest BCUT2D eigenvalue weighted by Crippen LogP contribution is 2.38. The lowest BCUT2D eigenvalue weighted by atomic mass is 9.79. The molecule has 0 N–H and O–H groups in total. The fourth-order valence-electron chi connectivity index (χ4n) is 5.01. The molecule has 2 aromatic carbocycles. The quantitative estimate of drug-likeness (QED) is 0.248. The highest BCUT2D eigenvalue weighted by atomic mass is 19.1. The monoisotopic (exact) mass is 474 g/mol. The maximum Gasteiger partial charge on any atom is 0.191 e. The summed E-state index contributed by atoms with van der Waals surface area (Å²) in [6.07, 6.45) is 11.2. The summed E-state index contributed by atoms with van der Waals surface area (Å²) in [5.74, 6) is -1.53. The molecular formula is C30H41F3O. The Morgan fingerprint density at radius 2 is 1.65 bits per heavy atom. The first-order valence-corrected chi connectivity index (χ1v) is 13.4. The molecule has 2 atom stereocenters. The number of fused-ring (bicyclic) bond motifs is 1. The number of hydrogen-bond donors (Lipinski definition) is 0. The molecule has 0 heterocycles. The second-order valence-corrected chi connectivity index (χ2v) is 9.89. The van der Waals surface area contributed by atoms with Crippen molar-refractivity contribution < 1.29 is 17.9 Å². The first-order chi connectivity index (χ1) is 16.5.